The monoisotopic (exact) mass is 132 g/mol. The molecule has 0 spiro atoms. The van der Waals surface area contributed by atoms with Gasteiger partial charge in [0.25, 0.3) is 0 Å². The van der Waals surface area contributed by atoms with Crippen molar-refractivity contribution in [1.29, 1.82) is 0 Å². The minimum absolute atomic E-state index is 0.135. The summed E-state index contributed by atoms with van der Waals surface area (Å²) in [5, 5.41) is 17.2. The van der Waals surface area contributed by atoms with Crippen molar-refractivity contribution in [2.45, 2.75) is 6.10 Å². The molecule has 1 fully saturated rings. The lowest BCUT2D eigenvalue weighted by Gasteiger charge is -2.03. The van der Waals surface area contributed by atoms with Gasteiger partial charge in [-0.25, -0.2) is 0 Å². The van der Waals surface area contributed by atoms with Gasteiger partial charge in [-0.15, -0.1) is 0 Å². The summed E-state index contributed by atoms with van der Waals surface area (Å²) in [7, 11) is 0. The molecule has 1 saturated heterocycles. The van der Waals surface area contributed by atoms with E-state index in [1.807, 2.05) is 0 Å². The lowest BCUT2D eigenvalue weighted by molar-refractivity contribution is -0.144. The number of aliphatic hydroxyl groups excluding tert-OH is 1. The first kappa shape index (κ1) is 6.51. The van der Waals surface area contributed by atoms with E-state index in [0.717, 1.165) is 0 Å². The first-order chi connectivity index (χ1) is 4.22. The van der Waals surface area contributed by atoms with E-state index in [2.05, 4.69) is 0 Å². The smallest absolute Gasteiger partial charge is 0.311 e. The molecule has 2 N–H and O–H groups in total. The highest BCUT2D eigenvalue weighted by atomic mass is 16.5. The molecule has 4 nitrogen and oxygen atoms in total. The third kappa shape index (κ3) is 1.20. The van der Waals surface area contributed by atoms with E-state index < -0.39 is 18.0 Å². The van der Waals surface area contributed by atoms with Gasteiger partial charge in [-0.2, -0.15) is 0 Å². The molecule has 0 amide bonds. The topological polar surface area (TPSA) is 66.8 Å². The maximum Gasteiger partial charge on any atom is 0.311 e. The van der Waals surface area contributed by atoms with Crippen LogP contribution in [0.3, 0.4) is 0 Å². The van der Waals surface area contributed by atoms with Crippen LogP contribution in [0.15, 0.2) is 0 Å². The molecule has 2 atom stereocenters. The van der Waals surface area contributed by atoms with Crippen molar-refractivity contribution in [1.82, 2.24) is 0 Å². The Morgan fingerprint density at radius 3 is 2.44 bits per heavy atom. The van der Waals surface area contributed by atoms with Crippen LogP contribution in [-0.2, 0) is 9.53 Å². The molecule has 0 unspecified atom stereocenters. The standard InChI is InChI=1S/C5H8O4/c6-4-2-9-1-3(4)5(7)8/h3-4,6H,1-2H2,(H,7,8)/t3-,4-/m0/s1. The van der Waals surface area contributed by atoms with Gasteiger partial charge in [0.05, 0.1) is 19.3 Å². The minimum Gasteiger partial charge on any atom is -0.481 e. The summed E-state index contributed by atoms with van der Waals surface area (Å²) in [6.07, 6.45) is -0.817. The van der Waals surface area contributed by atoms with Gasteiger partial charge < -0.3 is 14.9 Å². The summed E-state index contributed by atoms with van der Waals surface area (Å²) in [5.74, 6) is -1.70. The van der Waals surface area contributed by atoms with E-state index in [1.165, 1.54) is 0 Å². The van der Waals surface area contributed by atoms with Crippen molar-refractivity contribution >= 4 is 5.97 Å². The average molecular weight is 132 g/mol. The van der Waals surface area contributed by atoms with Crippen LogP contribution in [0, 0.1) is 5.92 Å². The van der Waals surface area contributed by atoms with Crippen molar-refractivity contribution in [3.8, 4) is 0 Å². The molecule has 9 heavy (non-hydrogen) atoms. The van der Waals surface area contributed by atoms with Gasteiger partial charge in [0, 0.05) is 0 Å². The second-order valence-electron chi connectivity index (χ2n) is 2.05. The van der Waals surface area contributed by atoms with Crippen LogP contribution in [0.1, 0.15) is 0 Å². The third-order valence-electron chi connectivity index (χ3n) is 1.37. The Hall–Kier alpha value is -0.610. The SMILES string of the molecule is O=C(O)[C@H]1COC[C@@H]1O. The quantitative estimate of drug-likeness (QED) is 0.484. The van der Waals surface area contributed by atoms with Gasteiger partial charge in [0.15, 0.2) is 0 Å². The van der Waals surface area contributed by atoms with E-state index in [4.69, 9.17) is 14.9 Å². The summed E-state index contributed by atoms with van der Waals surface area (Å²) < 4.78 is 4.70. The first-order valence-corrected chi connectivity index (χ1v) is 2.70. The van der Waals surface area contributed by atoms with Gasteiger partial charge in [0.2, 0.25) is 0 Å². The molecular weight excluding hydrogens is 124 g/mol. The molecule has 0 aliphatic carbocycles. The molecule has 1 rings (SSSR count). The molecule has 0 aromatic rings. The Morgan fingerprint density at radius 1 is 1.56 bits per heavy atom. The normalized spacial score (nSPS) is 34.8. The Balaban J connectivity index is 2.49. The fourth-order valence-electron chi connectivity index (χ4n) is 0.779. The summed E-state index contributed by atoms with van der Waals surface area (Å²) in [6.45, 7) is 0.285. The average Bonchev–Trinajstić information content (AvgIpc) is 2.13. The number of ether oxygens (including phenoxy) is 1. The highest BCUT2D eigenvalue weighted by Crippen LogP contribution is 2.12. The van der Waals surface area contributed by atoms with Gasteiger partial charge >= 0.3 is 5.97 Å². The van der Waals surface area contributed by atoms with E-state index >= 15 is 0 Å². The highest BCUT2D eigenvalue weighted by Gasteiger charge is 2.31. The lowest BCUT2D eigenvalue weighted by atomic mass is 10.1. The van der Waals surface area contributed by atoms with Crippen molar-refractivity contribution in [3.63, 3.8) is 0 Å². The zero-order valence-electron chi connectivity index (χ0n) is 4.78. The zero-order chi connectivity index (χ0) is 6.85. The van der Waals surface area contributed by atoms with Crippen LogP contribution >= 0.6 is 0 Å². The molecule has 0 saturated carbocycles. The molecule has 1 aliphatic rings. The molecule has 1 aliphatic heterocycles. The van der Waals surface area contributed by atoms with Crippen LogP contribution in [-0.4, -0.2) is 35.5 Å². The van der Waals surface area contributed by atoms with E-state index in [9.17, 15) is 4.79 Å². The number of carbonyl (C=O) groups is 1. The summed E-state index contributed by atoms with van der Waals surface area (Å²) in [6, 6.07) is 0. The summed E-state index contributed by atoms with van der Waals surface area (Å²) >= 11 is 0. The number of aliphatic carboxylic acids is 1. The summed E-state index contributed by atoms with van der Waals surface area (Å²) in [5.41, 5.74) is 0. The van der Waals surface area contributed by atoms with Crippen molar-refractivity contribution in [2.24, 2.45) is 5.92 Å². The lowest BCUT2D eigenvalue weighted by Crippen LogP contribution is -2.25. The predicted molar refractivity (Wildman–Crippen MR) is 28.0 cm³/mol. The van der Waals surface area contributed by atoms with E-state index in [1.54, 1.807) is 0 Å². The number of hydrogen-bond donors (Lipinski definition) is 2. The van der Waals surface area contributed by atoms with Gasteiger partial charge in [0.1, 0.15) is 5.92 Å². The highest BCUT2D eigenvalue weighted by molar-refractivity contribution is 5.71. The molecule has 0 bridgehead atoms. The second-order valence-corrected chi connectivity index (χ2v) is 2.05. The minimum atomic E-state index is -0.986. The maximum atomic E-state index is 10.2. The molecule has 0 aromatic carbocycles. The van der Waals surface area contributed by atoms with Crippen molar-refractivity contribution in [3.05, 3.63) is 0 Å². The van der Waals surface area contributed by atoms with Crippen LogP contribution in [0.25, 0.3) is 0 Å². The fourth-order valence-corrected chi connectivity index (χ4v) is 0.779. The van der Waals surface area contributed by atoms with Crippen LogP contribution in [0.4, 0.5) is 0 Å². The molecule has 0 radical (unpaired) electrons. The number of carboxylic acids is 1. The first-order valence-electron chi connectivity index (χ1n) is 2.70. The van der Waals surface area contributed by atoms with Gasteiger partial charge in [-0.1, -0.05) is 0 Å². The Labute approximate surface area is 52.1 Å². The van der Waals surface area contributed by atoms with Crippen LogP contribution in [0.5, 0.6) is 0 Å². The predicted octanol–water partition coefficient (Wildman–Crippen LogP) is -0.922. The van der Waals surface area contributed by atoms with Gasteiger partial charge in [-0.3, -0.25) is 4.79 Å². The summed E-state index contributed by atoms with van der Waals surface area (Å²) in [4.78, 5) is 10.2. The molecular formula is C5H8O4. The maximum absolute atomic E-state index is 10.2. The number of rotatable bonds is 1. The molecule has 4 heteroatoms. The number of carboxylic acid groups (broad SMARTS) is 1. The molecule has 0 aromatic heterocycles. The van der Waals surface area contributed by atoms with Crippen LogP contribution in [0.2, 0.25) is 0 Å². The zero-order valence-corrected chi connectivity index (χ0v) is 4.78. The molecule has 1 heterocycles. The largest absolute Gasteiger partial charge is 0.481 e. The fraction of sp³-hybridized carbons (Fsp3) is 0.800. The van der Waals surface area contributed by atoms with E-state index in [-0.39, 0.29) is 13.2 Å². The molecule has 52 valence electrons. The second kappa shape index (κ2) is 2.33. The Morgan fingerprint density at radius 2 is 2.22 bits per heavy atom. The van der Waals surface area contributed by atoms with Crippen molar-refractivity contribution in [2.75, 3.05) is 13.2 Å². The Kier molecular flexibility index (Phi) is 1.68. The van der Waals surface area contributed by atoms with Gasteiger partial charge in [-0.05, 0) is 0 Å². The van der Waals surface area contributed by atoms with E-state index in [0.29, 0.717) is 0 Å². The van der Waals surface area contributed by atoms with Crippen LogP contribution < -0.4 is 0 Å². The number of hydrogen-bond acceptors (Lipinski definition) is 3. The van der Waals surface area contributed by atoms with Crippen molar-refractivity contribution < 1.29 is 19.7 Å². The third-order valence-corrected chi connectivity index (χ3v) is 1.37. The Bertz CT molecular complexity index is 122. The number of aliphatic hydroxyl groups is 1.